The smallest absolute Gasteiger partial charge is 0.329 e. The largest absolute Gasteiger partial charge is 0.493 e. The van der Waals surface area contributed by atoms with Gasteiger partial charge in [0.1, 0.15) is 36.0 Å². The lowest BCUT2D eigenvalue weighted by Crippen LogP contribution is -2.58. The molecule has 76 heavy (non-hydrogen) atoms. The molecule has 7 unspecified atom stereocenters. The first-order valence-corrected chi connectivity index (χ1v) is 26.0. The maximum atomic E-state index is 17.0. The molecule has 7 atom stereocenters. The third-order valence-corrected chi connectivity index (χ3v) is 15.6. The van der Waals surface area contributed by atoms with Gasteiger partial charge in [0, 0.05) is 18.7 Å². The number of aliphatic hydroxyl groups is 1. The van der Waals surface area contributed by atoms with Crippen molar-refractivity contribution in [2.75, 3.05) is 46.0 Å². The third-order valence-electron chi connectivity index (χ3n) is 15.6. The molecule has 4 heterocycles. The standard InChI is InChI=1S/C61H62N4O11/c1-37(2)51(57(68)74-5)62-60(71)64-47-27-26-39(25-24-38-16-9-6-10-17-38)32-46(47)61(59(64)70)50(56(67)63-29-28-42-34-48(72-3)49(73-4)35-44(42)36-63)53-58(69)76-54(41-20-13-8-14-21-41)52(40-18-11-7-12-19-40)65(53)55(61)43-22-15-23-45(33-43)75-31-30-66/h7-8,11-16,18-23,26-27,32-35,37,50-55,66H,6,9-10,17,28-31,36H2,1-5H3,(H,62,71). The van der Waals surface area contributed by atoms with E-state index in [0.717, 1.165) is 52.8 Å². The van der Waals surface area contributed by atoms with Crippen molar-refractivity contribution in [2.24, 2.45) is 11.8 Å². The molecule has 5 aromatic carbocycles. The molecule has 2 saturated heterocycles. The zero-order chi connectivity index (χ0) is 53.3. The molecule has 2 fully saturated rings. The van der Waals surface area contributed by atoms with Crippen LogP contribution in [0.15, 0.2) is 127 Å². The van der Waals surface area contributed by atoms with Gasteiger partial charge in [0.25, 0.3) is 0 Å². The number of urea groups is 1. The highest BCUT2D eigenvalue weighted by Gasteiger charge is 2.76. The number of carbonyl (C=O) groups excluding carboxylic acids is 5. The number of cyclic esters (lactones) is 1. The van der Waals surface area contributed by atoms with E-state index in [1.54, 1.807) is 69.4 Å². The number of morpholine rings is 1. The summed E-state index contributed by atoms with van der Waals surface area (Å²) in [5.74, 6) is 3.32. The number of benzene rings is 5. The summed E-state index contributed by atoms with van der Waals surface area (Å²) in [6.07, 6.45) is 5.40. The summed E-state index contributed by atoms with van der Waals surface area (Å²) in [6.45, 7) is 3.49. The van der Waals surface area contributed by atoms with Crippen LogP contribution in [-0.2, 0) is 47.0 Å². The first kappa shape index (κ1) is 51.6. The fourth-order valence-electron chi connectivity index (χ4n) is 12.1. The Morgan fingerprint density at radius 1 is 0.803 bits per heavy atom. The first-order valence-electron chi connectivity index (χ1n) is 26.0. The van der Waals surface area contributed by atoms with Crippen LogP contribution in [0.5, 0.6) is 17.2 Å². The molecule has 5 aliphatic rings. The SMILES string of the molecule is COC(=O)C(NC(=O)N1C(=O)C2(c3cc(C#CC4=CCCCC4)ccc31)C(C(=O)N1CCc3cc(OC)c(OC)cc3C1)C1C(=O)OC(c3ccccc3)C(c3ccccc3)N1C2c1cccc(OCCO)c1)C(C)C. The number of nitrogens with one attached hydrogen (secondary N) is 1. The predicted octanol–water partition coefficient (Wildman–Crippen LogP) is 8.08. The van der Waals surface area contributed by atoms with Gasteiger partial charge < -0.3 is 39.0 Å². The lowest BCUT2D eigenvalue weighted by Gasteiger charge is -2.46. The number of anilines is 1. The van der Waals surface area contributed by atoms with E-state index in [1.165, 1.54) is 7.11 Å². The Kier molecular flexibility index (Phi) is 14.7. The highest BCUT2D eigenvalue weighted by molar-refractivity contribution is 6.25. The molecule has 4 aliphatic heterocycles. The second kappa shape index (κ2) is 21.7. The molecule has 392 valence electrons. The summed E-state index contributed by atoms with van der Waals surface area (Å²) >= 11 is 0. The van der Waals surface area contributed by atoms with Crippen molar-refractivity contribution in [1.82, 2.24) is 15.1 Å². The minimum atomic E-state index is -2.11. The number of imide groups is 1. The second-order valence-electron chi connectivity index (χ2n) is 20.2. The molecule has 10 rings (SSSR count). The topological polar surface area (TPSA) is 173 Å². The summed E-state index contributed by atoms with van der Waals surface area (Å²) in [6, 6.07) is 29.4. The van der Waals surface area contributed by atoms with E-state index < -0.39 is 77.3 Å². The van der Waals surface area contributed by atoms with Crippen molar-refractivity contribution in [3.05, 3.63) is 166 Å². The quantitative estimate of drug-likeness (QED) is 0.0910. The number of amides is 4. The Morgan fingerprint density at radius 3 is 2.18 bits per heavy atom. The van der Waals surface area contributed by atoms with E-state index >= 15 is 19.2 Å². The minimum Gasteiger partial charge on any atom is -0.493 e. The van der Waals surface area contributed by atoms with Crippen LogP contribution in [-0.4, -0.2) is 97.9 Å². The van der Waals surface area contributed by atoms with E-state index in [1.807, 2.05) is 83.8 Å². The van der Waals surface area contributed by atoms with Gasteiger partial charge in [-0.05, 0) is 119 Å². The average molecular weight is 1030 g/mol. The highest BCUT2D eigenvalue weighted by atomic mass is 16.6. The van der Waals surface area contributed by atoms with Gasteiger partial charge in [-0.2, -0.15) is 0 Å². The van der Waals surface area contributed by atoms with Crippen LogP contribution in [0.2, 0.25) is 0 Å². The summed E-state index contributed by atoms with van der Waals surface area (Å²) in [7, 11) is 4.34. The van der Waals surface area contributed by atoms with E-state index in [4.69, 9.17) is 23.7 Å². The van der Waals surface area contributed by atoms with Crippen LogP contribution in [0, 0.1) is 23.7 Å². The van der Waals surface area contributed by atoms with Crippen LogP contribution in [0.4, 0.5) is 10.5 Å². The third kappa shape index (κ3) is 9.13. The Bertz CT molecular complexity index is 3150. The van der Waals surface area contributed by atoms with Crippen molar-refractivity contribution in [3.63, 3.8) is 0 Å². The molecule has 4 amide bonds. The molecule has 15 nitrogen and oxygen atoms in total. The van der Waals surface area contributed by atoms with Crippen molar-refractivity contribution < 1.29 is 52.8 Å². The normalized spacial score (nSPS) is 23.0. The zero-order valence-electron chi connectivity index (χ0n) is 43.3. The Hall–Kier alpha value is -7.93. The van der Waals surface area contributed by atoms with Crippen molar-refractivity contribution >= 4 is 35.5 Å². The van der Waals surface area contributed by atoms with Crippen molar-refractivity contribution in [1.29, 1.82) is 0 Å². The average Bonchev–Trinajstić information content (AvgIpc) is 4.15. The monoisotopic (exact) mass is 1030 g/mol. The van der Waals surface area contributed by atoms with Gasteiger partial charge >= 0.3 is 18.0 Å². The number of fused-ring (bicyclic) bond motifs is 4. The Balaban J connectivity index is 1.28. The highest BCUT2D eigenvalue weighted by Crippen LogP contribution is 2.66. The van der Waals surface area contributed by atoms with Crippen LogP contribution in [0.3, 0.4) is 0 Å². The lowest BCUT2D eigenvalue weighted by molar-refractivity contribution is -0.179. The fourth-order valence-corrected chi connectivity index (χ4v) is 12.1. The molecular formula is C61H62N4O11. The van der Waals surface area contributed by atoms with E-state index in [9.17, 15) is 9.90 Å². The number of aliphatic hydroxyl groups excluding tert-OH is 1. The molecular weight excluding hydrogens is 965 g/mol. The summed E-state index contributed by atoms with van der Waals surface area (Å²) in [5.41, 5.74) is 3.47. The van der Waals surface area contributed by atoms with E-state index in [-0.39, 0.29) is 37.6 Å². The molecule has 2 N–H and O–H groups in total. The van der Waals surface area contributed by atoms with Gasteiger partial charge in [-0.3, -0.25) is 19.3 Å². The second-order valence-corrected chi connectivity index (χ2v) is 20.2. The summed E-state index contributed by atoms with van der Waals surface area (Å²) in [5, 5.41) is 12.8. The maximum absolute atomic E-state index is 17.0. The number of rotatable bonds is 12. The number of hydrogen-bond acceptors (Lipinski definition) is 12. The van der Waals surface area contributed by atoms with Gasteiger partial charge in [-0.1, -0.05) is 105 Å². The molecule has 0 bridgehead atoms. The number of ether oxygens (including phenoxy) is 5. The van der Waals surface area contributed by atoms with Gasteiger partial charge in [-0.25, -0.2) is 14.5 Å². The number of nitrogens with zero attached hydrogens (tertiary/aromatic N) is 3. The molecule has 0 aromatic heterocycles. The first-order chi connectivity index (χ1) is 36.9. The van der Waals surface area contributed by atoms with Gasteiger partial charge in [0.05, 0.1) is 51.6 Å². The minimum absolute atomic E-state index is 0.0414. The zero-order valence-corrected chi connectivity index (χ0v) is 43.3. The molecule has 15 heteroatoms. The maximum Gasteiger partial charge on any atom is 0.329 e. The van der Waals surface area contributed by atoms with Gasteiger partial charge in [-0.15, -0.1) is 0 Å². The van der Waals surface area contributed by atoms with Gasteiger partial charge in [0.15, 0.2) is 11.5 Å². The summed E-state index contributed by atoms with van der Waals surface area (Å²) in [4.78, 5) is 82.9. The lowest BCUT2D eigenvalue weighted by atomic mass is 9.64. The van der Waals surface area contributed by atoms with Crippen LogP contribution in [0.25, 0.3) is 0 Å². The summed E-state index contributed by atoms with van der Waals surface area (Å²) < 4.78 is 29.3. The Morgan fingerprint density at radius 2 is 1.51 bits per heavy atom. The van der Waals surface area contributed by atoms with Crippen LogP contribution >= 0.6 is 0 Å². The molecule has 1 spiro atoms. The Labute approximate surface area is 442 Å². The van der Waals surface area contributed by atoms with Gasteiger partial charge in [0.2, 0.25) is 11.8 Å². The van der Waals surface area contributed by atoms with Crippen molar-refractivity contribution in [2.45, 2.75) is 88.2 Å². The number of carbonyl (C=O) groups is 5. The van der Waals surface area contributed by atoms with Crippen LogP contribution in [0.1, 0.15) is 96.7 Å². The molecule has 1 aliphatic carbocycles. The molecule has 5 aromatic rings. The number of hydrogen-bond donors (Lipinski definition) is 2. The van der Waals surface area contributed by atoms with Crippen LogP contribution < -0.4 is 24.4 Å². The molecule has 0 saturated carbocycles. The molecule has 0 radical (unpaired) electrons. The predicted molar refractivity (Wildman–Crippen MR) is 282 cm³/mol. The number of esters is 2. The number of methoxy groups -OCH3 is 3. The fraction of sp³-hybridized carbons (Fsp3) is 0.361. The number of allylic oxidation sites excluding steroid dienone is 2. The van der Waals surface area contributed by atoms with E-state index in [0.29, 0.717) is 40.4 Å². The van der Waals surface area contributed by atoms with E-state index in [2.05, 4.69) is 23.2 Å². The van der Waals surface area contributed by atoms with Crippen molar-refractivity contribution in [3.8, 4) is 29.1 Å².